The molecule has 0 aliphatic carbocycles. The summed E-state index contributed by atoms with van der Waals surface area (Å²) in [6.45, 7) is 4.00. The lowest BCUT2D eigenvalue weighted by Crippen LogP contribution is -2.14. The van der Waals surface area contributed by atoms with Gasteiger partial charge in [-0.15, -0.1) is 0 Å². The predicted molar refractivity (Wildman–Crippen MR) is 62.1 cm³/mol. The van der Waals surface area contributed by atoms with Crippen molar-refractivity contribution in [3.63, 3.8) is 0 Å². The van der Waals surface area contributed by atoms with E-state index in [4.69, 9.17) is 5.73 Å². The number of aromatic nitrogens is 2. The molecule has 16 heavy (non-hydrogen) atoms. The number of hydrogen-bond donors (Lipinski definition) is 2. The third kappa shape index (κ3) is 1.98. The summed E-state index contributed by atoms with van der Waals surface area (Å²) in [5.74, 6) is 1.98. The molecule has 0 spiro atoms. The highest BCUT2D eigenvalue weighted by Gasteiger charge is 2.19. The molecule has 1 aromatic rings. The summed E-state index contributed by atoms with van der Waals surface area (Å²) in [6, 6.07) is 0. The topological polar surface area (TPSA) is 80.9 Å². The largest absolute Gasteiger partial charge is 0.383 e. The van der Waals surface area contributed by atoms with E-state index in [1.54, 1.807) is 0 Å². The van der Waals surface area contributed by atoms with Crippen LogP contribution in [0.2, 0.25) is 0 Å². The van der Waals surface area contributed by atoms with Crippen molar-refractivity contribution in [1.29, 1.82) is 0 Å². The number of amides is 1. The summed E-state index contributed by atoms with van der Waals surface area (Å²) in [4.78, 5) is 20.1. The summed E-state index contributed by atoms with van der Waals surface area (Å²) in [7, 11) is 0. The number of hydrogen-bond acceptors (Lipinski definition) is 4. The van der Waals surface area contributed by atoms with E-state index in [9.17, 15) is 4.79 Å². The second-order valence-electron chi connectivity index (χ2n) is 4.35. The number of nitrogen functional groups attached to an aromatic ring is 1. The SMILES string of the molecule is CC(C)c1nc(N)c2c(n1)NC(=O)CCC2. The second kappa shape index (κ2) is 4.08. The second-order valence-corrected chi connectivity index (χ2v) is 4.35. The fraction of sp³-hybridized carbons (Fsp3) is 0.545. The number of anilines is 2. The molecule has 0 saturated heterocycles. The van der Waals surface area contributed by atoms with Crippen LogP contribution in [-0.2, 0) is 11.2 Å². The molecule has 1 amide bonds. The molecule has 86 valence electrons. The van der Waals surface area contributed by atoms with E-state index < -0.39 is 0 Å². The average molecular weight is 220 g/mol. The molecule has 1 aliphatic rings. The molecule has 0 unspecified atom stereocenters. The molecular formula is C11H16N4O. The Bertz CT molecular complexity index is 428. The normalized spacial score (nSPS) is 15.6. The van der Waals surface area contributed by atoms with Crippen LogP contribution in [0.4, 0.5) is 11.6 Å². The van der Waals surface area contributed by atoms with Crippen LogP contribution in [0.3, 0.4) is 0 Å². The van der Waals surface area contributed by atoms with Gasteiger partial charge in [0.2, 0.25) is 5.91 Å². The van der Waals surface area contributed by atoms with Crippen molar-refractivity contribution in [2.24, 2.45) is 0 Å². The molecule has 1 aliphatic heterocycles. The third-order valence-corrected chi connectivity index (χ3v) is 2.66. The average Bonchev–Trinajstić information content (AvgIpc) is 2.38. The summed E-state index contributed by atoms with van der Waals surface area (Å²) in [5, 5.41) is 2.79. The number of nitrogens with one attached hydrogen (secondary N) is 1. The molecule has 5 nitrogen and oxygen atoms in total. The van der Waals surface area contributed by atoms with Crippen molar-refractivity contribution in [1.82, 2.24) is 9.97 Å². The molecule has 5 heteroatoms. The van der Waals surface area contributed by atoms with Gasteiger partial charge in [-0.05, 0) is 12.8 Å². The van der Waals surface area contributed by atoms with Gasteiger partial charge in [-0.25, -0.2) is 9.97 Å². The van der Waals surface area contributed by atoms with Crippen LogP contribution in [0.25, 0.3) is 0 Å². The van der Waals surface area contributed by atoms with Gasteiger partial charge in [0.1, 0.15) is 17.5 Å². The zero-order valence-corrected chi connectivity index (χ0v) is 9.58. The van der Waals surface area contributed by atoms with Crippen molar-refractivity contribution in [2.75, 3.05) is 11.1 Å². The van der Waals surface area contributed by atoms with E-state index in [1.807, 2.05) is 13.8 Å². The van der Waals surface area contributed by atoms with Crippen molar-refractivity contribution in [3.8, 4) is 0 Å². The monoisotopic (exact) mass is 220 g/mol. The highest BCUT2D eigenvalue weighted by atomic mass is 16.1. The van der Waals surface area contributed by atoms with E-state index in [0.29, 0.717) is 23.9 Å². The Labute approximate surface area is 94.5 Å². The lowest BCUT2D eigenvalue weighted by molar-refractivity contribution is -0.116. The number of nitrogens with zero attached hydrogens (tertiary/aromatic N) is 2. The van der Waals surface area contributed by atoms with E-state index in [2.05, 4.69) is 15.3 Å². The van der Waals surface area contributed by atoms with Gasteiger partial charge in [0.15, 0.2) is 0 Å². The Morgan fingerprint density at radius 3 is 2.75 bits per heavy atom. The number of rotatable bonds is 1. The van der Waals surface area contributed by atoms with Crippen LogP contribution in [0.1, 0.15) is 44.0 Å². The maximum Gasteiger partial charge on any atom is 0.225 e. The quantitative estimate of drug-likeness (QED) is 0.750. The van der Waals surface area contributed by atoms with Crippen LogP contribution in [0, 0.1) is 0 Å². The first kappa shape index (κ1) is 10.9. The van der Waals surface area contributed by atoms with Crippen LogP contribution < -0.4 is 11.1 Å². The molecular weight excluding hydrogens is 204 g/mol. The molecule has 0 saturated carbocycles. The maximum absolute atomic E-state index is 11.4. The fourth-order valence-electron chi connectivity index (χ4n) is 1.75. The van der Waals surface area contributed by atoms with Crippen molar-refractivity contribution in [2.45, 2.75) is 39.0 Å². The fourth-order valence-corrected chi connectivity index (χ4v) is 1.75. The highest BCUT2D eigenvalue weighted by molar-refractivity contribution is 5.91. The molecule has 0 atom stereocenters. The van der Waals surface area contributed by atoms with Gasteiger partial charge in [-0.2, -0.15) is 0 Å². The summed E-state index contributed by atoms with van der Waals surface area (Å²) >= 11 is 0. The van der Waals surface area contributed by atoms with Gasteiger partial charge in [0.25, 0.3) is 0 Å². The molecule has 0 bridgehead atoms. The lowest BCUT2D eigenvalue weighted by Gasteiger charge is -2.12. The first-order valence-electron chi connectivity index (χ1n) is 5.54. The Kier molecular flexibility index (Phi) is 2.77. The van der Waals surface area contributed by atoms with E-state index >= 15 is 0 Å². The molecule has 2 rings (SSSR count). The maximum atomic E-state index is 11.4. The highest BCUT2D eigenvalue weighted by Crippen LogP contribution is 2.26. The molecule has 1 aromatic heterocycles. The minimum absolute atomic E-state index is 0.00607. The first-order valence-corrected chi connectivity index (χ1v) is 5.54. The van der Waals surface area contributed by atoms with Gasteiger partial charge in [-0.1, -0.05) is 13.8 Å². The number of carbonyl (C=O) groups excluding carboxylic acids is 1. The standard InChI is InChI=1S/C11H16N4O/c1-6(2)10-14-9(12)7-4-3-5-8(16)13-11(7)15-10/h6H,3-5H2,1-2H3,(H3,12,13,14,15,16). The van der Waals surface area contributed by atoms with Crippen LogP contribution in [0.15, 0.2) is 0 Å². The minimum atomic E-state index is 0.00607. The first-order chi connectivity index (χ1) is 7.58. The van der Waals surface area contributed by atoms with Gasteiger partial charge in [0.05, 0.1) is 0 Å². The predicted octanol–water partition coefficient (Wildman–Crippen LogP) is 1.46. The van der Waals surface area contributed by atoms with E-state index in [1.165, 1.54) is 0 Å². The van der Waals surface area contributed by atoms with E-state index in [-0.39, 0.29) is 11.8 Å². The number of fused-ring (bicyclic) bond motifs is 1. The van der Waals surface area contributed by atoms with Gasteiger partial charge in [-0.3, -0.25) is 4.79 Å². The molecule has 0 radical (unpaired) electrons. The van der Waals surface area contributed by atoms with Crippen molar-refractivity contribution < 1.29 is 4.79 Å². The Hall–Kier alpha value is -1.65. The van der Waals surface area contributed by atoms with E-state index in [0.717, 1.165) is 18.4 Å². The Balaban J connectivity index is 2.48. The minimum Gasteiger partial charge on any atom is -0.383 e. The third-order valence-electron chi connectivity index (χ3n) is 2.66. The summed E-state index contributed by atoms with van der Waals surface area (Å²) in [5.41, 5.74) is 6.76. The number of nitrogens with two attached hydrogens (primary N) is 1. The molecule has 3 N–H and O–H groups in total. The number of carbonyl (C=O) groups is 1. The summed E-state index contributed by atoms with van der Waals surface area (Å²) < 4.78 is 0. The smallest absolute Gasteiger partial charge is 0.225 e. The van der Waals surface area contributed by atoms with Crippen molar-refractivity contribution >= 4 is 17.5 Å². The molecule has 0 fully saturated rings. The van der Waals surface area contributed by atoms with Crippen LogP contribution >= 0.6 is 0 Å². The Morgan fingerprint density at radius 2 is 2.06 bits per heavy atom. The van der Waals surface area contributed by atoms with Crippen LogP contribution in [-0.4, -0.2) is 15.9 Å². The molecule has 2 heterocycles. The van der Waals surface area contributed by atoms with Gasteiger partial charge in [0, 0.05) is 17.9 Å². The van der Waals surface area contributed by atoms with Gasteiger partial charge >= 0.3 is 0 Å². The molecule has 0 aromatic carbocycles. The lowest BCUT2D eigenvalue weighted by atomic mass is 10.1. The van der Waals surface area contributed by atoms with Crippen molar-refractivity contribution in [3.05, 3.63) is 11.4 Å². The Morgan fingerprint density at radius 1 is 1.31 bits per heavy atom. The van der Waals surface area contributed by atoms with Crippen LogP contribution in [0.5, 0.6) is 0 Å². The zero-order valence-electron chi connectivity index (χ0n) is 9.58. The summed E-state index contributed by atoms with van der Waals surface area (Å²) in [6.07, 6.45) is 2.08. The van der Waals surface area contributed by atoms with Gasteiger partial charge < -0.3 is 11.1 Å². The zero-order chi connectivity index (χ0) is 11.7.